The summed E-state index contributed by atoms with van der Waals surface area (Å²) in [5.41, 5.74) is 18.5. The summed E-state index contributed by atoms with van der Waals surface area (Å²) in [6, 6.07) is -5.23. The van der Waals surface area contributed by atoms with Gasteiger partial charge >= 0.3 is 0 Å². The average molecular weight is 1470 g/mol. The van der Waals surface area contributed by atoms with Gasteiger partial charge in [-0.2, -0.15) is 0 Å². The lowest BCUT2D eigenvalue weighted by atomic mass is 9.92. The molecule has 100 heavy (non-hydrogen) atoms. The van der Waals surface area contributed by atoms with Crippen LogP contribution in [0.15, 0.2) is 0 Å². The fraction of sp³-hybridized carbons (Fsp3) is 1.00. The Balaban J connectivity index is 0.973. The molecular weight excluding hydrogens is 1380 g/mol. The Morgan fingerprint density at radius 3 is 0.870 bits per heavy atom. The second-order valence-corrected chi connectivity index (χ2v) is 25.7. The van der Waals surface area contributed by atoms with Crippen LogP contribution < -0.4 is 17.2 Å². The van der Waals surface area contributed by atoms with Crippen molar-refractivity contribution in [1.82, 2.24) is 0 Å². The van der Waals surface area contributed by atoms with Crippen LogP contribution in [0.3, 0.4) is 0 Å². The zero-order valence-corrected chi connectivity index (χ0v) is 52.5. The van der Waals surface area contributed by atoms with Crippen LogP contribution >= 0.6 is 0 Å². The van der Waals surface area contributed by atoms with Crippen molar-refractivity contribution in [3.05, 3.63) is 0 Å². The van der Waals surface area contributed by atoms with Gasteiger partial charge in [-0.05, 0) is 0 Å². The van der Waals surface area contributed by atoms with Crippen LogP contribution in [-0.2, 0) is 85.3 Å². The molecule has 25 saturated heterocycles. The van der Waals surface area contributed by atoms with Gasteiger partial charge in [-0.15, -0.1) is 0 Å². The molecule has 45 atom stereocenters. The Morgan fingerprint density at radius 1 is 0.260 bits per heavy atom. The van der Waals surface area contributed by atoms with E-state index in [0.717, 1.165) is 0 Å². The first-order valence-corrected chi connectivity index (χ1v) is 32.0. The molecule has 46 nitrogen and oxygen atoms in total. The molecule has 0 aliphatic carbocycles. The molecule has 12 bridgehead atoms. The van der Waals surface area contributed by atoms with Crippen LogP contribution in [0.4, 0.5) is 0 Å². The quantitative estimate of drug-likeness (QED) is 0.0724. The molecule has 31 N–H and O–H groups in total. The third-order valence-corrected chi connectivity index (χ3v) is 19.4. The standard InChI is InChI=1S/C54H93N3O43/c55-18-21(67)35(10(1-58)83-45(18)82)91-46-19(56)22(68)36(11(2-59)84-46)92-47-20(57)23(69)44(81)54(9-66,100-47)99-43-34(80)53-90-17(8-65)42(43)98-52-33(79)28(74)40(15(6-63)89-52)96-50-31(77)26(72)38(13(4-61)87-50)94-48-29(75)24(70)37(12(3-60)85-48)93-49-30(76)25(71)39(14(5-62)86-49)95-51-32(78)27(73)41(97-53)16(7-64)88-51/h10-53,58-82H,1-9,55-57H2/t10-,11-,12-,13-,14-,15-,16-,17-,18?,19?,20-,21?,22-,23-,24?,25?,26?,27?,28?,29?,30?,31?,32?,33?,34?,35?,36?,37-,38-,39-,40-,41-,42?,43?,44+,45?,46+,47-,48-,49-,50-,51-,52?,53-,54+/m1/s1. The van der Waals surface area contributed by atoms with Crippen molar-refractivity contribution >= 4 is 0 Å². The summed E-state index contributed by atoms with van der Waals surface area (Å²) in [4.78, 5) is 0. The van der Waals surface area contributed by atoms with Crippen molar-refractivity contribution in [2.24, 2.45) is 17.2 Å². The van der Waals surface area contributed by atoms with E-state index in [4.69, 9.17) is 102 Å². The highest BCUT2D eigenvalue weighted by Crippen LogP contribution is 2.43. The van der Waals surface area contributed by atoms with Crippen LogP contribution in [-0.4, -0.2) is 463 Å². The predicted octanol–water partition coefficient (Wildman–Crippen LogP) is -20.4. The van der Waals surface area contributed by atoms with Crippen molar-refractivity contribution in [3.8, 4) is 0 Å². The van der Waals surface area contributed by atoms with Crippen molar-refractivity contribution in [2.75, 3.05) is 59.5 Å². The van der Waals surface area contributed by atoms with Gasteiger partial charge in [0, 0.05) is 0 Å². The van der Waals surface area contributed by atoms with Gasteiger partial charge in [0.25, 0.3) is 0 Å². The minimum Gasteiger partial charge on any atom is -0.394 e. The number of nitrogens with two attached hydrogens (primary N) is 3. The number of aliphatic hydroxyl groups is 25. The smallest absolute Gasteiger partial charge is 0.223 e. The molecule has 0 aromatic heterocycles. The topological polar surface area (TPSA) is 750 Å². The SMILES string of the molecule is NC1C(O)O[C@H](CO)C(O[C@@H]2O[C@H](CO)C(O[C@@H]3O[C@](CO)(OC4C(O)[C@@H]5O[C@H](CO)C4OC4O[C@H](CO)[C@@H](O[C@H]6O[C@H](CO)[C@@H](O[C@H]7O[C@H](CO)[C@@H](O[C@H]8O[C@H](CO)[C@@H](O[C@H]9O[C@H](CO)[C@@H](O5)C(O)C9O)C(O)C8O)C(O)C7O)C(O)C6O)C(O)C4O)[C@@H](O)[C@H](O)[C@H]3N)[C@H](O)C2N)C1O. The summed E-state index contributed by atoms with van der Waals surface area (Å²) >= 11 is 0. The molecule has 0 radical (unpaired) electrons. The second kappa shape index (κ2) is 33.7. The summed E-state index contributed by atoms with van der Waals surface area (Å²) in [7, 11) is 0. The van der Waals surface area contributed by atoms with Gasteiger partial charge in [0.05, 0.1) is 71.0 Å². The maximum absolute atomic E-state index is 12.6. The van der Waals surface area contributed by atoms with E-state index in [1.165, 1.54) is 0 Å². The lowest BCUT2D eigenvalue weighted by molar-refractivity contribution is -0.444. The highest BCUT2D eigenvalue weighted by molar-refractivity contribution is 5.06. The molecule has 0 amide bonds. The molecule has 0 aromatic rings. The number of aliphatic hydroxyl groups excluding tert-OH is 25. The number of hydrogen-bond acceptors (Lipinski definition) is 46. The van der Waals surface area contributed by atoms with Gasteiger partial charge < -0.3 is 230 Å². The third-order valence-electron chi connectivity index (χ3n) is 19.4. The Kier molecular flexibility index (Phi) is 27.2. The molecule has 25 aliphatic heterocycles. The number of hydrogen-bond donors (Lipinski definition) is 28. The van der Waals surface area contributed by atoms with E-state index in [9.17, 15) is 128 Å². The fourth-order valence-electron chi connectivity index (χ4n) is 13.6. The summed E-state index contributed by atoms with van der Waals surface area (Å²) in [5, 5.41) is 281. The van der Waals surface area contributed by atoms with Gasteiger partial charge in [-0.1, -0.05) is 0 Å². The van der Waals surface area contributed by atoms with Gasteiger partial charge in [0.1, 0.15) is 202 Å². The molecule has 20 unspecified atom stereocenters. The zero-order chi connectivity index (χ0) is 73.0. The van der Waals surface area contributed by atoms with E-state index in [1.807, 2.05) is 0 Å². The normalized spacial score (nSPS) is 55.3. The minimum absolute atomic E-state index is 0.860. The van der Waals surface area contributed by atoms with Crippen molar-refractivity contribution in [2.45, 2.75) is 276 Å². The largest absolute Gasteiger partial charge is 0.394 e. The monoisotopic (exact) mass is 1470 g/mol. The Morgan fingerprint density at radius 2 is 0.540 bits per heavy atom. The lowest BCUT2D eigenvalue weighted by Gasteiger charge is -2.54. The third kappa shape index (κ3) is 15.5. The molecule has 46 heteroatoms. The summed E-state index contributed by atoms with van der Waals surface area (Å²) in [5.74, 6) is -3.26. The highest BCUT2D eigenvalue weighted by atomic mass is 16.8. The molecule has 0 spiro atoms. The Bertz CT molecular complexity index is 2530. The highest BCUT2D eigenvalue weighted by Gasteiger charge is 2.64. The molecule has 582 valence electrons. The molecule has 0 saturated carbocycles. The van der Waals surface area contributed by atoms with Gasteiger partial charge in [0.15, 0.2) is 56.6 Å². The van der Waals surface area contributed by atoms with E-state index in [-0.39, 0.29) is 0 Å². The van der Waals surface area contributed by atoms with E-state index in [1.54, 1.807) is 0 Å². The summed E-state index contributed by atoms with van der Waals surface area (Å²) < 4.78 is 105. The average Bonchev–Trinajstić information content (AvgIpc) is 0.733. The second-order valence-electron chi connectivity index (χ2n) is 25.7. The minimum atomic E-state index is -3.26. The predicted molar refractivity (Wildman–Crippen MR) is 301 cm³/mol. The summed E-state index contributed by atoms with van der Waals surface area (Å²) in [6.45, 7) is -10.6. The molecule has 25 heterocycles. The molecule has 25 fully saturated rings. The van der Waals surface area contributed by atoms with E-state index >= 15 is 0 Å². The Hall–Kier alpha value is -1.84. The van der Waals surface area contributed by atoms with Gasteiger partial charge in [-0.25, -0.2) is 0 Å². The van der Waals surface area contributed by atoms with Crippen molar-refractivity contribution in [1.29, 1.82) is 0 Å². The van der Waals surface area contributed by atoms with Crippen LogP contribution in [0.25, 0.3) is 0 Å². The van der Waals surface area contributed by atoms with Crippen LogP contribution in [0.5, 0.6) is 0 Å². The van der Waals surface area contributed by atoms with Gasteiger partial charge in [0.2, 0.25) is 5.79 Å². The number of ether oxygens (including phenoxy) is 18. The van der Waals surface area contributed by atoms with E-state index in [2.05, 4.69) is 0 Å². The maximum atomic E-state index is 12.6. The lowest BCUT2D eigenvalue weighted by Crippen LogP contribution is -2.74. The fourth-order valence-corrected chi connectivity index (χ4v) is 13.6. The van der Waals surface area contributed by atoms with Crippen LogP contribution in [0.1, 0.15) is 0 Å². The first-order chi connectivity index (χ1) is 47.5. The van der Waals surface area contributed by atoms with E-state index in [0.29, 0.717) is 0 Å². The molecular formula is C54H93N3O43. The number of rotatable bonds is 15. The van der Waals surface area contributed by atoms with Crippen LogP contribution in [0.2, 0.25) is 0 Å². The van der Waals surface area contributed by atoms with E-state index < -0.39 is 335 Å². The molecule has 25 rings (SSSR count). The molecule has 25 aliphatic rings. The maximum Gasteiger partial charge on any atom is 0.223 e. The van der Waals surface area contributed by atoms with Gasteiger partial charge in [-0.3, -0.25) is 0 Å². The van der Waals surface area contributed by atoms with Crippen molar-refractivity contribution in [3.63, 3.8) is 0 Å². The first kappa shape index (κ1) is 80.7. The Labute approximate surface area is 564 Å². The molecule has 0 aromatic carbocycles. The summed E-state index contributed by atoms with van der Waals surface area (Å²) in [6.07, 6.45) is -86.8. The van der Waals surface area contributed by atoms with Crippen molar-refractivity contribution < 1.29 is 213 Å². The van der Waals surface area contributed by atoms with Crippen LogP contribution in [0, 0.1) is 0 Å². The first-order valence-electron chi connectivity index (χ1n) is 32.0. The zero-order valence-electron chi connectivity index (χ0n) is 52.5.